The van der Waals surface area contributed by atoms with Crippen LogP contribution in [0.4, 0.5) is 4.79 Å². The van der Waals surface area contributed by atoms with Gasteiger partial charge in [0, 0.05) is 17.9 Å². The van der Waals surface area contributed by atoms with E-state index in [1.165, 1.54) is 4.90 Å². The minimum Gasteiger partial charge on any atom is -0.497 e. The number of aryl methyl sites for hydroxylation is 1. The summed E-state index contributed by atoms with van der Waals surface area (Å²) in [6.45, 7) is 7.46. The molecule has 45 heavy (non-hydrogen) atoms. The first-order chi connectivity index (χ1) is 21.5. The van der Waals surface area contributed by atoms with Crippen molar-refractivity contribution in [3.63, 3.8) is 0 Å². The fraction of sp³-hybridized carbons (Fsp3) is 0.618. The Morgan fingerprint density at radius 3 is 2.60 bits per heavy atom. The number of rotatable bonds is 3. The molecular weight excluding hydrogens is 576 g/mol. The van der Waals surface area contributed by atoms with Gasteiger partial charge in [0.05, 0.1) is 24.7 Å². The first kappa shape index (κ1) is 32.5. The quantitative estimate of drug-likeness (QED) is 0.437. The van der Waals surface area contributed by atoms with Crippen molar-refractivity contribution >= 4 is 29.0 Å². The molecule has 1 fully saturated rings. The lowest BCUT2D eigenvalue weighted by Crippen LogP contribution is -2.57. The number of ether oxygens (including phenoxy) is 3. The Hall–Kier alpha value is -3.89. The van der Waals surface area contributed by atoms with E-state index in [0.29, 0.717) is 42.1 Å². The van der Waals surface area contributed by atoms with E-state index in [9.17, 15) is 19.5 Å². The van der Waals surface area contributed by atoms with Gasteiger partial charge in [-0.05, 0) is 56.1 Å². The molecule has 2 amide bonds. The number of nitrogens with zero attached hydrogens (tertiary/aromatic N) is 3. The Kier molecular flexibility index (Phi) is 9.84. The van der Waals surface area contributed by atoms with Gasteiger partial charge in [0.1, 0.15) is 35.7 Å². The van der Waals surface area contributed by atoms with Crippen LogP contribution in [0.2, 0.25) is 0 Å². The Morgan fingerprint density at radius 2 is 1.89 bits per heavy atom. The number of carboxylic acids is 1. The minimum atomic E-state index is -1.14. The van der Waals surface area contributed by atoms with Crippen LogP contribution >= 0.6 is 0 Å². The van der Waals surface area contributed by atoms with Gasteiger partial charge in [-0.2, -0.15) is 0 Å². The zero-order valence-corrected chi connectivity index (χ0v) is 27.0. The molecular formula is C34H46N4O7. The first-order valence-corrected chi connectivity index (χ1v) is 16.2. The van der Waals surface area contributed by atoms with Gasteiger partial charge < -0.3 is 29.5 Å². The molecule has 3 aliphatic rings. The highest BCUT2D eigenvalue weighted by Gasteiger charge is 2.51. The maximum absolute atomic E-state index is 14.2. The second kappa shape index (κ2) is 13.6. The van der Waals surface area contributed by atoms with Crippen molar-refractivity contribution in [2.24, 2.45) is 17.3 Å². The van der Waals surface area contributed by atoms with E-state index in [4.69, 9.17) is 24.2 Å². The van der Waals surface area contributed by atoms with E-state index in [1.807, 2.05) is 39.8 Å². The number of methoxy groups -OCH3 is 1. The Morgan fingerprint density at radius 1 is 1.09 bits per heavy atom. The third kappa shape index (κ3) is 7.17. The lowest BCUT2D eigenvalue weighted by molar-refractivity contribution is -0.151. The molecule has 3 heterocycles. The number of nitrogens with one attached hydrogen (secondary N) is 1. The van der Waals surface area contributed by atoms with Crippen molar-refractivity contribution < 1.29 is 33.7 Å². The number of aromatic nitrogens is 2. The lowest BCUT2D eigenvalue weighted by atomic mass is 9.85. The maximum atomic E-state index is 14.2. The number of allylic oxidation sites excluding steroid dienone is 1. The molecule has 1 aliphatic carbocycles. The van der Waals surface area contributed by atoms with Gasteiger partial charge in [0.15, 0.2) is 0 Å². The highest BCUT2D eigenvalue weighted by molar-refractivity contribution is 5.90. The summed E-state index contributed by atoms with van der Waals surface area (Å²) >= 11 is 0. The molecule has 11 heteroatoms. The molecule has 244 valence electrons. The highest BCUT2D eigenvalue weighted by Crippen LogP contribution is 2.35. The fourth-order valence-corrected chi connectivity index (χ4v) is 6.86. The summed E-state index contributed by atoms with van der Waals surface area (Å²) in [5, 5.41) is 13.2. The fourth-order valence-electron chi connectivity index (χ4n) is 6.86. The zero-order valence-electron chi connectivity index (χ0n) is 27.0. The number of hydrogen-bond acceptors (Lipinski definition) is 8. The molecule has 1 aromatic heterocycles. The number of fused-ring (bicyclic) bond motifs is 5. The van der Waals surface area contributed by atoms with E-state index in [1.54, 1.807) is 13.2 Å². The van der Waals surface area contributed by atoms with Crippen LogP contribution < -0.4 is 14.8 Å². The van der Waals surface area contributed by atoms with Crippen LogP contribution in [0.25, 0.3) is 11.0 Å². The van der Waals surface area contributed by atoms with Gasteiger partial charge in [-0.1, -0.05) is 52.7 Å². The Labute approximate surface area is 264 Å². The molecule has 11 nitrogen and oxygen atoms in total. The smallest absolute Gasteiger partial charge is 0.408 e. The van der Waals surface area contributed by atoms with Gasteiger partial charge in [0.25, 0.3) is 0 Å². The molecule has 6 atom stereocenters. The molecule has 2 N–H and O–H groups in total. The molecule has 1 saturated heterocycles. The second-order valence-electron chi connectivity index (χ2n) is 13.5. The molecule has 5 rings (SSSR count). The number of benzene rings is 1. The van der Waals surface area contributed by atoms with E-state index >= 15 is 0 Å². The average Bonchev–Trinajstić information content (AvgIpc) is 3.37. The third-order valence-corrected chi connectivity index (χ3v) is 9.34. The van der Waals surface area contributed by atoms with E-state index in [2.05, 4.69) is 17.5 Å². The number of carboxylic acid groups (broad SMARTS) is 1. The summed E-state index contributed by atoms with van der Waals surface area (Å²) in [5.74, 6) is -1.03. The maximum Gasteiger partial charge on any atom is 0.408 e. The van der Waals surface area contributed by atoms with Crippen LogP contribution in [0.5, 0.6) is 11.6 Å². The molecule has 2 aliphatic heterocycles. The van der Waals surface area contributed by atoms with Gasteiger partial charge in [0.2, 0.25) is 11.8 Å². The van der Waals surface area contributed by atoms with Crippen LogP contribution in [0.1, 0.15) is 78.3 Å². The molecule has 0 radical (unpaired) electrons. The summed E-state index contributed by atoms with van der Waals surface area (Å²) < 4.78 is 17.9. The third-order valence-electron chi connectivity index (χ3n) is 9.34. The number of carbonyl (C=O) groups is 3. The second-order valence-corrected chi connectivity index (χ2v) is 13.5. The first-order valence-electron chi connectivity index (χ1n) is 16.2. The van der Waals surface area contributed by atoms with E-state index < -0.39 is 47.5 Å². The van der Waals surface area contributed by atoms with E-state index in [-0.39, 0.29) is 18.6 Å². The number of hydrogen-bond donors (Lipinski definition) is 2. The van der Waals surface area contributed by atoms with Crippen LogP contribution in [-0.2, 0) is 20.7 Å². The lowest BCUT2D eigenvalue weighted by Gasteiger charge is -2.35. The molecule has 0 saturated carbocycles. The van der Waals surface area contributed by atoms with Crippen molar-refractivity contribution in [1.29, 1.82) is 0 Å². The summed E-state index contributed by atoms with van der Waals surface area (Å²) in [6, 6.07) is 3.36. The average molecular weight is 623 g/mol. The molecule has 2 bridgehead atoms. The SMILES string of the molecule is CC[C@@H]1[C@@H]2CN(C(=O)[C@H](C(C)(C)C)NC(=O)O[C@@H]3CCC=C[C@H]3CCCCCc3nc4ccc(OC)cc4nc3O2)[C@@H]1C(=O)O. The normalized spacial score (nSPS) is 28.2. The predicted molar refractivity (Wildman–Crippen MR) is 168 cm³/mol. The molecule has 1 aromatic carbocycles. The Balaban J connectivity index is 1.55. The van der Waals surface area contributed by atoms with Crippen LogP contribution in [0.3, 0.4) is 0 Å². The van der Waals surface area contributed by atoms with Crippen molar-refractivity contribution in [3.05, 3.63) is 36.0 Å². The summed E-state index contributed by atoms with van der Waals surface area (Å²) in [7, 11) is 1.59. The van der Waals surface area contributed by atoms with Crippen LogP contribution in [-0.4, -0.2) is 75.9 Å². The van der Waals surface area contributed by atoms with Crippen LogP contribution in [0.15, 0.2) is 30.4 Å². The van der Waals surface area contributed by atoms with Gasteiger partial charge >= 0.3 is 12.1 Å². The predicted octanol–water partition coefficient (Wildman–Crippen LogP) is 5.30. The highest BCUT2D eigenvalue weighted by atomic mass is 16.6. The van der Waals surface area contributed by atoms with Gasteiger partial charge in [-0.15, -0.1) is 0 Å². The summed E-state index contributed by atoms with van der Waals surface area (Å²) in [6.07, 6.45) is 8.93. The van der Waals surface area contributed by atoms with Gasteiger partial charge in [-0.25, -0.2) is 19.6 Å². The summed E-state index contributed by atoms with van der Waals surface area (Å²) in [5.41, 5.74) is 1.31. The van der Waals surface area contributed by atoms with Crippen LogP contribution in [0, 0.1) is 17.3 Å². The summed E-state index contributed by atoms with van der Waals surface area (Å²) in [4.78, 5) is 51.3. The van der Waals surface area contributed by atoms with E-state index in [0.717, 1.165) is 37.6 Å². The van der Waals surface area contributed by atoms with Gasteiger partial charge in [-0.3, -0.25) is 4.79 Å². The number of carbonyl (C=O) groups excluding carboxylic acids is 2. The Bertz CT molecular complexity index is 1440. The minimum absolute atomic E-state index is 0.0321. The number of amides is 2. The molecule has 0 spiro atoms. The largest absolute Gasteiger partial charge is 0.497 e. The van der Waals surface area contributed by atoms with Crippen molar-refractivity contribution in [2.45, 2.75) is 103 Å². The molecule has 0 unspecified atom stereocenters. The van der Waals surface area contributed by atoms with Crippen molar-refractivity contribution in [1.82, 2.24) is 20.2 Å². The van der Waals surface area contributed by atoms with Crippen molar-refractivity contribution in [3.8, 4) is 11.6 Å². The number of alkyl carbamates (subject to hydrolysis) is 1. The topological polar surface area (TPSA) is 140 Å². The molecule has 2 aromatic rings. The van der Waals surface area contributed by atoms with Crippen molar-refractivity contribution in [2.75, 3.05) is 13.7 Å². The number of aliphatic carboxylic acids is 1. The monoisotopic (exact) mass is 622 g/mol. The zero-order chi connectivity index (χ0) is 32.3. The standard InChI is InChI=1S/C34H46N4O7/c1-6-22-27-19-38(28(22)32(40)41)31(39)29(34(2,3)4)37-33(42)45-26-15-11-10-13-20(26)12-8-7-9-14-24-30(44-27)36-25-18-21(43-5)16-17-23(25)35-24/h10,13,16-18,20,22,26-29H,6-9,11-12,14-15,19H2,1-5H3,(H,37,42)(H,40,41)/t20-,22-,26-,27+,28+,29-/m1/s1.